The van der Waals surface area contributed by atoms with Crippen LogP contribution in [0.25, 0.3) is 0 Å². The van der Waals surface area contributed by atoms with Crippen LogP contribution in [0, 0.1) is 11.3 Å². The second kappa shape index (κ2) is 3.10. The van der Waals surface area contributed by atoms with Crippen LogP contribution in [0.4, 0.5) is 0 Å². The summed E-state index contributed by atoms with van der Waals surface area (Å²) in [6.07, 6.45) is 9.30. The van der Waals surface area contributed by atoms with Gasteiger partial charge in [0.1, 0.15) is 0 Å². The number of carbonyl (C=O) groups excluding carboxylic acids is 1. The summed E-state index contributed by atoms with van der Waals surface area (Å²) in [7, 11) is 0. The van der Waals surface area contributed by atoms with Crippen LogP contribution >= 0.6 is 0 Å². The molecule has 3 aliphatic rings. The van der Waals surface area contributed by atoms with E-state index in [0.29, 0.717) is 11.5 Å². The summed E-state index contributed by atoms with van der Waals surface area (Å²) >= 11 is 0. The summed E-state index contributed by atoms with van der Waals surface area (Å²) in [5.41, 5.74) is 1.62. The molecule has 0 bridgehead atoms. The summed E-state index contributed by atoms with van der Waals surface area (Å²) in [4.78, 5) is 11.9. The van der Waals surface area contributed by atoms with E-state index in [2.05, 4.69) is 18.3 Å². The predicted molar refractivity (Wildman–Crippen MR) is 59.3 cm³/mol. The van der Waals surface area contributed by atoms with Gasteiger partial charge in [-0.25, -0.2) is 0 Å². The fourth-order valence-electron chi connectivity index (χ4n) is 2.69. The molecule has 0 aromatic heterocycles. The summed E-state index contributed by atoms with van der Waals surface area (Å²) in [6.45, 7) is 2.26. The smallest absolute Gasteiger partial charge is 0.247 e. The van der Waals surface area contributed by atoms with E-state index in [-0.39, 0.29) is 5.91 Å². The van der Waals surface area contributed by atoms with E-state index in [1.54, 1.807) is 0 Å². The highest BCUT2D eigenvalue weighted by Crippen LogP contribution is 2.65. The van der Waals surface area contributed by atoms with Gasteiger partial charge < -0.3 is 5.32 Å². The molecule has 1 N–H and O–H groups in total. The molecule has 1 spiro atoms. The molecule has 2 fully saturated rings. The predicted octanol–water partition coefficient (Wildman–Crippen LogP) is 2.40. The molecule has 2 heteroatoms. The van der Waals surface area contributed by atoms with Gasteiger partial charge in [-0.1, -0.05) is 13.0 Å². The van der Waals surface area contributed by atoms with Crippen molar-refractivity contribution in [1.29, 1.82) is 0 Å². The van der Waals surface area contributed by atoms with Gasteiger partial charge in [-0.3, -0.25) is 4.79 Å². The van der Waals surface area contributed by atoms with Gasteiger partial charge in [0.05, 0.1) is 0 Å². The van der Waals surface area contributed by atoms with E-state index in [9.17, 15) is 4.79 Å². The summed E-state index contributed by atoms with van der Waals surface area (Å²) in [5.74, 6) is 0.980. The van der Waals surface area contributed by atoms with Crippen LogP contribution in [0.3, 0.4) is 0 Å². The Morgan fingerprint density at radius 2 is 2.33 bits per heavy atom. The first-order chi connectivity index (χ1) is 7.20. The first-order valence-electron chi connectivity index (χ1n) is 6.19. The lowest BCUT2D eigenvalue weighted by molar-refractivity contribution is -0.118. The Bertz CT molecular complexity index is 327. The minimum absolute atomic E-state index is 0.218. The van der Waals surface area contributed by atoms with Gasteiger partial charge in [0.15, 0.2) is 0 Å². The Morgan fingerprint density at radius 3 is 2.87 bits per heavy atom. The number of hydrogen-bond donors (Lipinski definition) is 1. The van der Waals surface area contributed by atoms with Crippen LogP contribution in [-0.2, 0) is 4.79 Å². The fraction of sp³-hybridized carbons (Fsp3) is 0.769. The van der Waals surface area contributed by atoms with E-state index < -0.39 is 0 Å². The molecule has 2 nitrogen and oxygen atoms in total. The molecule has 82 valence electrons. The molecule has 0 aliphatic heterocycles. The molecule has 0 aromatic carbocycles. The molecule has 3 rings (SSSR count). The summed E-state index contributed by atoms with van der Waals surface area (Å²) < 4.78 is 0. The highest BCUT2D eigenvalue weighted by Gasteiger charge is 2.63. The Morgan fingerprint density at radius 1 is 1.53 bits per heavy atom. The number of carbonyl (C=O) groups is 1. The van der Waals surface area contributed by atoms with Crippen molar-refractivity contribution in [3.63, 3.8) is 0 Å². The lowest BCUT2D eigenvalue weighted by Crippen LogP contribution is -2.29. The molecular formula is C13H19NO. The van der Waals surface area contributed by atoms with Crippen molar-refractivity contribution in [2.24, 2.45) is 11.3 Å². The molecule has 3 aliphatic carbocycles. The second-order valence-corrected chi connectivity index (χ2v) is 5.70. The maximum atomic E-state index is 11.9. The minimum atomic E-state index is 0.218. The Kier molecular flexibility index (Phi) is 1.95. The minimum Gasteiger partial charge on any atom is -0.349 e. The van der Waals surface area contributed by atoms with E-state index in [4.69, 9.17) is 0 Å². The zero-order valence-electron chi connectivity index (χ0n) is 9.38. The van der Waals surface area contributed by atoms with Gasteiger partial charge in [0.2, 0.25) is 5.91 Å². The molecule has 0 saturated heterocycles. The molecule has 2 atom stereocenters. The van der Waals surface area contributed by atoms with Crippen LogP contribution in [0.1, 0.15) is 45.4 Å². The SMILES string of the molecule is CC1CC=C(C(=O)NC2CC23CC3)CC1. The lowest BCUT2D eigenvalue weighted by Gasteiger charge is -2.17. The van der Waals surface area contributed by atoms with Crippen LogP contribution < -0.4 is 5.32 Å². The maximum Gasteiger partial charge on any atom is 0.247 e. The normalized spacial score (nSPS) is 35.9. The first-order valence-corrected chi connectivity index (χ1v) is 6.19. The van der Waals surface area contributed by atoms with Crippen molar-refractivity contribution < 1.29 is 4.79 Å². The van der Waals surface area contributed by atoms with Gasteiger partial charge in [0.25, 0.3) is 0 Å². The van der Waals surface area contributed by atoms with Crippen LogP contribution in [-0.4, -0.2) is 11.9 Å². The van der Waals surface area contributed by atoms with Crippen molar-refractivity contribution in [3.8, 4) is 0 Å². The first kappa shape index (κ1) is 9.44. The van der Waals surface area contributed by atoms with Crippen LogP contribution in [0.5, 0.6) is 0 Å². The number of nitrogens with one attached hydrogen (secondary N) is 1. The number of amides is 1. The third-order valence-electron chi connectivity index (χ3n) is 4.35. The molecule has 2 saturated carbocycles. The fourth-order valence-corrected chi connectivity index (χ4v) is 2.69. The molecule has 0 radical (unpaired) electrons. The third-order valence-corrected chi connectivity index (χ3v) is 4.35. The number of hydrogen-bond acceptors (Lipinski definition) is 1. The van der Waals surface area contributed by atoms with Crippen molar-refractivity contribution >= 4 is 5.91 Å². The highest BCUT2D eigenvalue weighted by atomic mass is 16.1. The van der Waals surface area contributed by atoms with Crippen LogP contribution in [0.15, 0.2) is 11.6 Å². The molecule has 0 aromatic rings. The Balaban J connectivity index is 1.56. The molecule has 2 unspecified atom stereocenters. The van der Waals surface area contributed by atoms with Gasteiger partial charge in [-0.15, -0.1) is 0 Å². The van der Waals surface area contributed by atoms with Crippen molar-refractivity contribution in [2.45, 2.75) is 51.5 Å². The largest absolute Gasteiger partial charge is 0.349 e. The van der Waals surface area contributed by atoms with Crippen molar-refractivity contribution in [2.75, 3.05) is 0 Å². The lowest BCUT2D eigenvalue weighted by atomic mass is 9.91. The zero-order chi connectivity index (χ0) is 10.5. The second-order valence-electron chi connectivity index (χ2n) is 5.70. The van der Waals surface area contributed by atoms with Gasteiger partial charge in [0, 0.05) is 11.6 Å². The third kappa shape index (κ3) is 1.70. The topological polar surface area (TPSA) is 29.1 Å². The summed E-state index contributed by atoms with van der Waals surface area (Å²) in [6, 6.07) is 0.519. The molecular weight excluding hydrogens is 186 g/mol. The number of rotatable bonds is 2. The zero-order valence-corrected chi connectivity index (χ0v) is 9.38. The van der Waals surface area contributed by atoms with E-state index >= 15 is 0 Å². The van der Waals surface area contributed by atoms with E-state index in [0.717, 1.165) is 24.3 Å². The van der Waals surface area contributed by atoms with Gasteiger partial charge in [-0.05, 0) is 49.9 Å². The van der Waals surface area contributed by atoms with Gasteiger partial charge >= 0.3 is 0 Å². The average molecular weight is 205 g/mol. The standard InChI is InChI=1S/C13H19NO/c1-9-2-4-10(5-3-9)12(15)14-11-8-13(11)6-7-13/h4,9,11H,2-3,5-8H2,1H3,(H,14,15). The van der Waals surface area contributed by atoms with E-state index in [1.165, 1.54) is 25.7 Å². The highest BCUT2D eigenvalue weighted by molar-refractivity contribution is 5.94. The Hall–Kier alpha value is -0.790. The Labute approximate surface area is 91.1 Å². The maximum absolute atomic E-state index is 11.9. The van der Waals surface area contributed by atoms with E-state index in [1.807, 2.05) is 0 Å². The summed E-state index contributed by atoms with van der Waals surface area (Å²) in [5, 5.41) is 3.18. The average Bonchev–Trinajstić information content (AvgIpc) is 3.10. The van der Waals surface area contributed by atoms with Crippen LogP contribution in [0.2, 0.25) is 0 Å². The number of allylic oxidation sites excluding steroid dienone is 1. The van der Waals surface area contributed by atoms with Gasteiger partial charge in [-0.2, -0.15) is 0 Å². The van der Waals surface area contributed by atoms with Crippen molar-refractivity contribution in [1.82, 2.24) is 5.32 Å². The molecule has 1 amide bonds. The monoisotopic (exact) mass is 205 g/mol. The van der Waals surface area contributed by atoms with Crippen molar-refractivity contribution in [3.05, 3.63) is 11.6 Å². The molecule has 0 heterocycles. The quantitative estimate of drug-likeness (QED) is 0.737. The molecule has 15 heavy (non-hydrogen) atoms.